The average Bonchev–Trinajstić information content (AvgIpc) is 3.54. The molecule has 5 rings (SSSR count). The number of carboxylic acid groups (broad SMARTS) is 1. The Morgan fingerprint density at radius 1 is 1.06 bits per heavy atom. The Bertz CT molecular complexity index is 1220. The Kier molecular flexibility index (Phi) is 7.16. The second-order valence-corrected chi connectivity index (χ2v) is 9.99. The first-order valence-corrected chi connectivity index (χ1v) is 12.9. The van der Waals surface area contributed by atoms with E-state index in [4.69, 9.17) is 19.2 Å². The van der Waals surface area contributed by atoms with Crippen molar-refractivity contribution in [2.75, 3.05) is 11.9 Å². The molecule has 0 aromatic carbocycles. The summed E-state index contributed by atoms with van der Waals surface area (Å²) in [6, 6.07) is 3.70. The Morgan fingerprint density at radius 3 is 2.61 bits per heavy atom. The molecule has 2 fully saturated rings. The Balaban J connectivity index is 1.31. The van der Waals surface area contributed by atoms with Crippen LogP contribution in [0.5, 0.6) is 5.75 Å². The van der Waals surface area contributed by atoms with Crippen molar-refractivity contribution in [2.24, 2.45) is 11.8 Å². The summed E-state index contributed by atoms with van der Waals surface area (Å²) in [6.07, 6.45) is 12.0. The summed E-state index contributed by atoms with van der Waals surface area (Å²) in [5.74, 6) is 1.25. The molecule has 0 unspecified atom stereocenters. The number of anilines is 2. The molecule has 3 aromatic heterocycles. The average molecular weight is 492 g/mol. The number of hydrogen-bond acceptors (Lipinski definition) is 8. The van der Waals surface area contributed by atoms with Gasteiger partial charge in [-0.25, -0.2) is 9.97 Å². The van der Waals surface area contributed by atoms with Crippen LogP contribution < -0.4 is 10.1 Å². The van der Waals surface area contributed by atoms with Gasteiger partial charge in [0, 0.05) is 18.0 Å². The fourth-order valence-electron chi connectivity index (χ4n) is 5.44. The molecule has 190 valence electrons. The maximum Gasteiger partial charge on any atom is 0.306 e. The van der Waals surface area contributed by atoms with Crippen LogP contribution in [-0.4, -0.2) is 37.8 Å². The zero-order valence-corrected chi connectivity index (χ0v) is 20.9. The third kappa shape index (κ3) is 5.20. The van der Waals surface area contributed by atoms with E-state index < -0.39 is 5.97 Å². The molecule has 3 heterocycles. The molecule has 2 aliphatic rings. The predicted octanol–water partition coefficient (Wildman–Crippen LogP) is 5.81. The number of nitrogens with one attached hydrogen (secondary N) is 1. The first-order chi connectivity index (χ1) is 17.5. The SMILES string of the molecule is Cc1nc(-c2onc(C)c2Nc2cncc(C3CCCC3)n2)ccc1OC[C@H]1CCCC[C@@H]1C(=O)O. The molecule has 0 aliphatic heterocycles. The summed E-state index contributed by atoms with van der Waals surface area (Å²) in [4.78, 5) is 25.5. The molecule has 36 heavy (non-hydrogen) atoms. The smallest absolute Gasteiger partial charge is 0.306 e. The maximum absolute atomic E-state index is 11.6. The number of carbonyl (C=O) groups is 1. The van der Waals surface area contributed by atoms with Crippen molar-refractivity contribution in [1.82, 2.24) is 20.1 Å². The number of ether oxygens (including phenoxy) is 1. The number of hydrogen-bond donors (Lipinski definition) is 2. The molecular formula is C27H33N5O4. The Morgan fingerprint density at radius 2 is 1.83 bits per heavy atom. The molecule has 2 atom stereocenters. The van der Waals surface area contributed by atoms with Crippen LogP contribution in [0.4, 0.5) is 11.5 Å². The van der Waals surface area contributed by atoms with Crippen molar-refractivity contribution in [1.29, 1.82) is 0 Å². The highest BCUT2D eigenvalue weighted by atomic mass is 16.5. The standard InChI is InChI=1S/C27H33N5O4/c1-16-23(35-15-19-9-5-6-10-20(19)27(33)34)12-11-21(29-16)26-25(17(2)32-36-26)31-24-14-28-13-22(30-24)18-7-3-4-8-18/h11-14,18-20H,3-10,15H2,1-2H3,(H,30,31)(H,33,34)/t19-,20+/m1/s1. The van der Waals surface area contributed by atoms with Gasteiger partial charge < -0.3 is 19.7 Å². The van der Waals surface area contributed by atoms with E-state index >= 15 is 0 Å². The number of rotatable bonds is 8. The highest BCUT2D eigenvalue weighted by Gasteiger charge is 2.31. The molecule has 9 heteroatoms. The lowest BCUT2D eigenvalue weighted by Gasteiger charge is -2.28. The quantitative estimate of drug-likeness (QED) is 0.401. The van der Waals surface area contributed by atoms with Crippen molar-refractivity contribution >= 4 is 17.5 Å². The summed E-state index contributed by atoms with van der Waals surface area (Å²) in [7, 11) is 0. The Hall–Kier alpha value is -3.49. The molecule has 2 aliphatic carbocycles. The van der Waals surface area contributed by atoms with E-state index in [0.29, 0.717) is 59.0 Å². The van der Waals surface area contributed by atoms with Crippen LogP contribution in [0.1, 0.15) is 74.4 Å². The van der Waals surface area contributed by atoms with Gasteiger partial charge in [-0.15, -0.1) is 0 Å². The molecule has 0 bridgehead atoms. The van der Waals surface area contributed by atoms with Gasteiger partial charge in [-0.1, -0.05) is 30.8 Å². The van der Waals surface area contributed by atoms with Crippen LogP contribution in [0.3, 0.4) is 0 Å². The van der Waals surface area contributed by atoms with Gasteiger partial charge in [0.1, 0.15) is 28.6 Å². The zero-order chi connectivity index (χ0) is 25.1. The van der Waals surface area contributed by atoms with E-state index in [1.165, 1.54) is 12.8 Å². The van der Waals surface area contributed by atoms with Gasteiger partial charge in [-0.05, 0) is 51.7 Å². The van der Waals surface area contributed by atoms with E-state index in [2.05, 4.69) is 15.5 Å². The van der Waals surface area contributed by atoms with Crippen molar-refractivity contribution in [3.63, 3.8) is 0 Å². The van der Waals surface area contributed by atoms with Crippen molar-refractivity contribution in [2.45, 2.75) is 71.1 Å². The van der Waals surface area contributed by atoms with Gasteiger partial charge in [-0.3, -0.25) is 9.78 Å². The summed E-state index contributed by atoms with van der Waals surface area (Å²) >= 11 is 0. The molecule has 0 amide bonds. The lowest BCUT2D eigenvalue weighted by molar-refractivity contribution is -0.145. The normalized spacial score (nSPS) is 20.4. The first-order valence-electron chi connectivity index (χ1n) is 12.9. The minimum Gasteiger partial charge on any atom is -0.491 e. The highest BCUT2D eigenvalue weighted by molar-refractivity contribution is 5.75. The summed E-state index contributed by atoms with van der Waals surface area (Å²) in [5, 5.41) is 17.0. The largest absolute Gasteiger partial charge is 0.491 e. The first kappa shape index (κ1) is 24.2. The van der Waals surface area contributed by atoms with Gasteiger partial charge in [0.15, 0.2) is 0 Å². The zero-order valence-electron chi connectivity index (χ0n) is 20.9. The summed E-state index contributed by atoms with van der Waals surface area (Å²) < 4.78 is 11.7. The van der Waals surface area contributed by atoms with Crippen LogP contribution in [-0.2, 0) is 4.79 Å². The minimum absolute atomic E-state index is 0.0177. The topological polar surface area (TPSA) is 123 Å². The monoisotopic (exact) mass is 491 g/mol. The van der Waals surface area contributed by atoms with Crippen LogP contribution in [0.15, 0.2) is 29.0 Å². The number of aryl methyl sites for hydroxylation is 2. The van der Waals surface area contributed by atoms with Crippen LogP contribution >= 0.6 is 0 Å². The lowest BCUT2D eigenvalue weighted by atomic mass is 9.80. The molecule has 3 aromatic rings. The fourth-order valence-corrected chi connectivity index (χ4v) is 5.44. The number of aliphatic carboxylic acids is 1. The van der Waals surface area contributed by atoms with E-state index in [1.807, 2.05) is 32.2 Å². The van der Waals surface area contributed by atoms with Crippen LogP contribution in [0.25, 0.3) is 11.5 Å². The molecule has 0 saturated heterocycles. The molecule has 9 nitrogen and oxygen atoms in total. The molecular weight excluding hydrogens is 458 g/mol. The van der Waals surface area contributed by atoms with Crippen molar-refractivity contribution in [3.8, 4) is 17.2 Å². The number of nitrogens with zero attached hydrogens (tertiary/aromatic N) is 4. The van der Waals surface area contributed by atoms with E-state index in [9.17, 15) is 9.90 Å². The van der Waals surface area contributed by atoms with Gasteiger partial charge in [-0.2, -0.15) is 0 Å². The van der Waals surface area contributed by atoms with E-state index in [0.717, 1.165) is 37.8 Å². The minimum atomic E-state index is -0.729. The maximum atomic E-state index is 11.6. The molecule has 0 spiro atoms. The number of carboxylic acids is 1. The number of pyridine rings is 1. The fraction of sp³-hybridized carbons (Fsp3) is 0.519. The van der Waals surface area contributed by atoms with Crippen LogP contribution in [0.2, 0.25) is 0 Å². The second kappa shape index (κ2) is 10.6. The molecule has 2 saturated carbocycles. The third-order valence-corrected chi connectivity index (χ3v) is 7.49. The molecule has 2 N–H and O–H groups in total. The van der Waals surface area contributed by atoms with Gasteiger partial charge in [0.25, 0.3) is 0 Å². The second-order valence-electron chi connectivity index (χ2n) is 9.99. The third-order valence-electron chi connectivity index (χ3n) is 7.49. The lowest BCUT2D eigenvalue weighted by Crippen LogP contribution is -2.31. The Labute approximate surface area is 210 Å². The van der Waals surface area contributed by atoms with Crippen LogP contribution in [0, 0.1) is 25.7 Å². The summed E-state index contributed by atoms with van der Waals surface area (Å²) in [6.45, 7) is 4.13. The molecule has 0 radical (unpaired) electrons. The van der Waals surface area contributed by atoms with Gasteiger partial charge >= 0.3 is 5.97 Å². The highest BCUT2D eigenvalue weighted by Crippen LogP contribution is 2.36. The van der Waals surface area contributed by atoms with E-state index in [1.54, 1.807) is 6.20 Å². The summed E-state index contributed by atoms with van der Waals surface area (Å²) in [5.41, 5.74) is 3.77. The van der Waals surface area contributed by atoms with E-state index in [-0.39, 0.29) is 11.8 Å². The van der Waals surface area contributed by atoms with Crippen molar-refractivity contribution < 1.29 is 19.2 Å². The predicted molar refractivity (Wildman–Crippen MR) is 134 cm³/mol. The van der Waals surface area contributed by atoms with Gasteiger partial charge in [0.2, 0.25) is 5.76 Å². The van der Waals surface area contributed by atoms with Gasteiger partial charge in [0.05, 0.1) is 30.1 Å². The van der Waals surface area contributed by atoms with Crippen molar-refractivity contribution in [3.05, 3.63) is 41.6 Å². The number of aromatic nitrogens is 4.